The van der Waals surface area contributed by atoms with Gasteiger partial charge in [0.15, 0.2) is 0 Å². The molecule has 20 heavy (non-hydrogen) atoms. The Morgan fingerprint density at radius 3 is 2.00 bits per heavy atom. The molecule has 3 N–H and O–H groups in total. The van der Waals surface area contributed by atoms with E-state index in [9.17, 15) is 18.0 Å². The van der Waals surface area contributed by atoms with Crippen LogP contribution in [0.15, 0.2) is 12.2 Å². The second-order valence-electron chi connectivity index (χ2n) is 3.98. The molecule has 0 bridgehead atoms. The number of ether oxygens (including phenoxy) is 1. The van der Waals surface area contributed by atoms with Crippen LogP contribution in [-0.2, 0) is 14.3 Å². The predicted molar refractivity (Wildman–Crippen MR) is 69.0 cm³/mol. The molecule has 0 spiro atoms. The Balaban J connectivity index is -0.000000312. The standard InChI is InChI=1S/C9H17NO2.C2HF3O2.CH4/c1-7(2)6-8(10)4-5-9(11)12-3;3-2(4,5)1(6)7;/h4-5,7-8H,6,10H2,1-3H3;(H,6,7);1H4/b5-4+;;/t8-;;/m1../s1. The molecule has 0 aliphatic rings. The number of aliphatic carboxylic acids is 1. The van der Waals surface area contributed by atoms with Crippen molar-refractivity contribution in [2.45, 2.75) is 39.9 Å². The summed E-state index contributed by atoms with van der Waals surface area (Å²) >= 11 is 0. The molecule has 0 aromatic heterocycles. The minimum Gasteiger partial charge on any atom is -0.475 e. The first-order chi connectivity index (χ1) is 8.50. The first kappa shape index (κ1) is 23.5. The zero-order valence-electron chi connectivity index (χ0n) is 10.9. The van der Waals surface area contributed by atoms with Crippen LogP contribution >= 0.6 is 0 Å². The lowest BCUT2D eigenvalue weighted by Crippen LogP contribution is -2.21. The fourth-order valence-corrected chi connectivity index (χ4v) is 0.893. The maximum atomic E-state index is 10.6. The number of hydrogen-bond donors (Lipinski definition) is 2. The van der Waals surface area contributed by atoms with E-state index in [2.05, 4.69) is 18.6 Å². The van der Waals surface area contributed by atoms with Crippen LogP contribution < -0.4 is 5.73 Å². The molecule has 5 nitrogen and oxygen atoms in total. The van der Waals surface area contributed by atoms with E-state index in [0.717, 1.165) is 6.42 Å². The van der Waals surface area contributed by atoms with Gasteiger partial charge in [0.1, 0.15) is 0 Å². The van der Waals surface area contributed by atoms with Gasteiger partial charge in [-0.1, -0.05) is 27.4 Å². The van der Waals surface area contributed by atoms with Crippen LogP contribution in [0.1, 0.15) is 27.7 Å². The molecule has 0 aromatic rings. The number of rotatable bonds is 4. The molecular formula is C12H22F3NO4. The highest BCUT2D eigenvalue weighted by Gasteiger charge is 2.38. The highest BCUT2D eigenvalue weighted by atomic mass is 19.4. The molecule has 0 unspecified atom stereocenters. The summed E-state index contributed by atoms with van der Waals surface area (Å²) in [7, 11) is 1.35. The Kier molecular flexibility index (Phi) is 13.3. The molecule has 0 heterocycles. The van der Waals surface area contributed by atoms with Gasteiger partial charge >= 0.3 is 18.1 Å². The SMILES string of the molecule is C.COC(=O)/C=C/[C@@H](N)CC(C)C.O=C(O)C(F)(F)F. The molecule has 1 atom stereocenters. The maximum Gasteiger partial charge on any atom is 0.490 e. The van der Waals surface area contributed by atoms with E-state index >= 15 is 0 Å². The smallest absolute Gasteiger partial charge is 0.475 e. The Morgan fingerprint density at radius 1 is 1.35 bits per heavy atom. The number of nitrogens with two attached hydrogens (primary N) is 1. The van der Waals surface area contributed by atoms with Gasteiger partial charge in [0.2, 0.25) is 0 Å². The van der Waals surface area contributed by atoms with Crippen molar-refractivity contribution in [2.75, 3.05) is 7.11 Å². The summed E-state index contributed by atoms with van der Waals surface area (Å²) in [6.45, 7) is 4.18. The Bertz CT molecular complexity index is 314. The quantitative estimate of drug-likeness (QED) is 0.614. The van der Waals surface area contributed by atoms with Gasteiger partial charge in [0.25, 0.3) is 0 Å². The normalized spacial score (nSPS) is 12.2. The monoisotopic (exact) mass is 301 g/mol. The van der Waals surface area contributed by atoms with Gasteiger partial charge in [-0.3, -0.25) is 0 Å². The van der Waals surface area contributed by atoms with Crippen molar-refractivity contribution in [3.8, 4) is 0 Å². The number of hydrogen-bond acceptors (Lipinski definition) is 4. The molecule has 0 fully saturated rings. The van der Waals surface area contributed by atoms with Crippen molar-refractivity contribution in [3.05, 3.63) is 12.2 Å². The van der Waals surface area contributed by atoms with Gasteiger partial charge in [0.05, 0.1) is 7.11 Å². The van der Waals surface area contributed by atoms with E-state index in [1.165, 1.54) is 13.2 Å². The van der Waals surface area contributed by atoms with E-state index < -0.39 is 12.1 Å². The summed E-state index contributed by atoms with van der Waals surface area (Å²) in [6, 6.07) is -0.0518. The maximum absolute atomic E-state index is 10.6. The third-order valence-electron chi connectivity index (χ3n) is 1.67. The minimum absolute atomic E-state index is 0. The Labute approximate surface area is 116 Å². The third-order valence-corrected chi connectivity index (χ3v) is 1.67. The van der Waals surface area contributed by atoms with Gasteiger partial charge in [0, 0.05) is 12.1 Å². The van der Waals surface area contributed by atoms with Crippen LogP contribution in [0.25, 0.3) is 0 Å². The average Bonchev–Trinajstić information content (AvgIpc) is 2.24. The van der Waals surface area contributed by atoms with Crippen LogP contribution in [-0.4, -0.2) is 36.4 Å². The fraction of sp³-hybridized carbons (Fsp3) is 0.667. The number of carboxylic acid groups (broad SMARTS) is 1. The average molecular weight is 301 g/mol. The molecule has 0 radical (unpaired) electrons. The second kappa shape index (κ2) is 11.3. The summed E-state index contributed by atoms with van der Waals surface area (Å²) in [4.78, 5) is 19.5. The molecule has 0 aromatic carbocycles. The summed E-state index contributed by atoms with van der Waals surface area (Å²) in [6.07, 6.45) is -1.16. The van der Waals surface area contributed by atoms with Gasteiger partial charge in [-0.25, -0.2) is 9.59 Å². The Hall–Kier alpha value is -1.57. The topological polar surface area (TPSA) is 89.6 Å². The van der Waals surface area contributed by atoms with Gasteiger partial charge < -0.3 is 15.6 Å². The zero-order valence-corrected chi connectivity index (χ0v) is 10.9. The second-order valence-corrected chi connectivity index (χ2v) is 3.98. The number of alkyl halides is 3. The number of carboxylic acids is 1. The number of halogens is 3. The van der Waals surface area contributed by atoms with Crippen LogP contribution in [0.4, 0.5) is 13.2 Å². The summed E-state index contributed by atoms with van der Waals surface area (Å²) in [5, 5.41) is 7.12. The highest BCUT2D eigenvalue weighted by molar-refractivity contribution is 5.81. The van der Waals surface area contributed by atoms with Crippen LogP contribution in [0.2, 0.25) is 0 Å². The molecular weight excluding hydrogens is 279 g/mol. The minimum atomic E-state index is -5.08. The van der Waals surface area contributed by atoms with E-state index in [0.29, 0.717) is 5.92 Å². The highest BCUT2D eigenvalue weighted by Crippen LogP contribution is 2.13. The third kappa shape index (κ3) is 16.4. The molecule has 0 rings (SSSR count). The van der Waals surface area contributed by atoms with Crippen molar-refractivity contribution >= 4 is 11.9 Å². The summed E-state index contributed by atoms with van der Waals surface area (Å²) in [5.74, 6) is -2.57. The van der Waals surface area contributed by atoms with E-state index in [1.54, 1.807) is 6.08 Å². The van der Waals surface area contributed by atoms with Crippen LogP contribution in [0, 0.1) is 5.92 Å². The lowest BCUT2D eigenvalue weighted by molar-refractivity contribution is -0.192. The molecule has 0 saturated heterocycles. The molecule has 8 heteroatoms. The van der Waals surface area contributed by atoms with Crippen molar-refractivity contribution < 1.29 is 32.6 Å². The number of carbonyl (C=O) groups is 2. The van der Waals surface area contributed by atoms with Crippen molar-refractivity contribution in [1.29, 1.82) is 0 Å². The zero-order chi connectivity index (χ0) is 15.6. The van der Waals surface area contributed by atoms with E-state index in [1.807, 2.05) is 0 Å². The first-order valence-corrected chi connectivity index (χ1v) is 5.32. The lowest BCUT2D eigenvalue weighted by atomic mass is 10.0. The molecule has 0 amide bonds. The van der Waals surface area contributed by atoms with Crippen LogP contribution in [0.5, 0.6) is 0 Å². The van der Waals surface area contributed by atoms with Crippen LogP contribution in [0.3, 0.4) is 0 Å². The molecule has 120 valence electrons. The molecule has 0 saturated carbocycles. The van der Waals surface area contributed by atoms with E-state index in [4.69, 9.17) is 15.6 Å². The Morgan fingerprint density at radius 2 is 1.75 bits per heavy atom. The number of carbonyl (C=O) groups excluding carboxylic acids is 1. The largest absolute Gasteiger partial charge is 0.490 e. The molecule has 0 aliphatic heterocycles. The summed E-state index contributed by atoms with van der Waals surface area (Å²) < 4.78 is 36.2. The fourth-order valence-electron chi connectivity index (χ4n) is 0.893. The number of methoxy groups -OCH3 is 1. The van der Waals surface area contributed by atoms with Gasteiger partial charge in [-0.15, -0.1) is 0 Å². The van der Waals surface area contributed by atoms with Crippen molar-refractivity contribution in [1.82, 2.24) is 0 Å². The summed E-state index contributed by atoms with van der Waals surface area (Å²) in [5.41, 5.74) is 5.68. The molecule has 0 aliphatic carbocycles. The van der Waals surface area contributed by atoms with Crippen molar-refractivity contribution in [3.63, 3.8) is 0 Å². The first-order valence-electron chi connectivity index (χ1n) is 5.32. The van der Waals surface area contributed by atoms with Gasteiger partial charge in [-0.05, 0) is 12.3 Å². The van der Waals surface area contributed by atoms with Crippen molar-refractivity contribution in [2.24, 2.45) is 11.7 Å². The van der Waals surface area contributed by atoms with E-state index in [-0.39, 0.29) is 19.4 Å². The predicted octanol–water partition coefficient (Wildman–Crippen LogP) is 2.36. The lowest BCUT2D eigenvalue weighted by Gasteiger charge is -2.08. The number of esters is 1. The van der Waals surface area contributed by atoms with Gasteiger partial charge in [-0.2, -0.15) is 13.2 Å².